The van der Waals surface area contributed by atoms with Crippen molar-refractivity contribution in [3.8, 4) is 5.69 Å². The molecule has 11 heteroatoms. The van der Waals surface area contributed by atoms with Gasteiger partial charge in [-0.1, -0.05) is 43.3 Å². The van der Waals surface area contributed by atoms with E-state index in [-0.39, 0.29) is 0 Å². The molecule has 0 amide bonds. The number of benzene rings is 1. The first-order valence-electron chi connectivity index (χ1n) is 12.1. The van der Waals surface area contributed by atoms with E-state index in [2.05, 4.69) is 43.7 Å². The Morgan fingerprint density at radius 2 is 1.83 bits per heavy atom. The molecule has 4 heterocycles. The third-order valence-corrected chi connectivity index (χ3v) is 7.37. The van der Waals surface area contributed by atoms with Crippen molar-refractivity contribution < 1.29 is 0 Å². The van der Waals surface area contributed by atoms with Crippen molar-refractivity contribution in [2.24, 2.45) is 7.05 Å². The van der Waals surface area contributed by atoms with Gasteiger partial charge in [-0.3, -0.25) is 23.8 Å². The number of unbranched alkanes of at least 4 members (excludes halogenated alkanes) is 1. The molecule has 3 aromatic heterocycles. The van der Waals surface area contributed by atoms with Crippen LogP contribution in [0.4, 0.5) is 0 Å². The molecule has 0 saturated carbocycles. The van der Waals surface area contributed by atoms with Gasteiger partial charge in [0.05, 0.1) is 12.3 Å². The van der Waals surface area contributed by atoms with Gasteiger partial charge in [0.1, 0.15) is 5.82 Å². The molecular formula is C24H30N8O2S. The number of hydrogen-bond acceptors (Lipinski definition) is 7. The molecule has 0 bridgehead atoms. The molecule has 184 valence electrons. The zero-order chi connectivity index (χ0) is 24.4. The van der Waals surface area contributed by atoms with Gasteiger partial charge in [-0.2, -0.15) is 0 Å². The predicted molar refractivity (Wildman–Crippen MR) is 136 cm³/mol. The second-order valence-electron chi connectivity index (χ2n) is 8.87. The number of aryl methyl sites for hydroxylation is 2. The van der Waals surface area contributed by atoms with E-state index in [0.717, 1.165) is 49.1 Å². The molecule has 1 aromatic carbocycles. The molecule has 4 aromatic rings. The fourth-order valence-electron chi connectivity index (χ4n) is 4.55. The van der Waals surface area contributed by atoms with Crippen molar-refractivity contribution in [1.29, 1.82) is 0 Å². The number of aromatic nitrogens is 7. The summed E-state index contributed by atoms with van der Waals surface area (Å²) in [5, 5.41) is 9.81. The van der Waals surface area contributed by atoms with Crippen LogP contribution in [0.1, 0.15) is 44.3 Å². The number of aromatic amines is 1. The lowest BCUT2D eigenvalue weighted by Crippen LogP contribution is -2.31. The van der Waals surface area contributed by atoms with Crippen LogP contribution in [0.5, 0.6) is 0 Å². The third-order valence-electron chi connectivity index (χ3n) is 6.45. The van der Waals surface area contributed by atoms with Crippen molar-refractivity contribution in [2.75, 3.05) is 13.1 Å². The SMILES string of the molecule is CCCCn1c(=O)[nH]c(=O)c2c1nc(CSc1nnc(CN3CCCC3)n1-c1ccccc1)n2C. The number of nitrogens with zero attached hydrogens (tertiary/aromatic N) is 7. The number of para-hydroxylation sites is 1. The summed E-state index contributed by atoms with van der Waals surface area (Å²) in [6.07, 6.45) is 4.21. The summed E-state index contributed by atoms with van der Waals surface area (Å²) >= 11 is 1.52. The molecule has 1 aliphatic rings. The Kier molecular flexibility index (Phi) is 6.87. The molecule has 0 radical (unpaired) electrons. The minimum Gasteiger partial charge on any atom is -0.325 e. The quantitative estimate of drug-likeness (QED) is 0.357. The topological polar surface area (TPSA) is 107 Å². The highest BCUT2D eigenvalue weighted by molar-refractivity contribution is 7.98. The fourth-order valence-corrected chi connectivity index (χ4v) is 5.50. The summed E-state index contributed by atoms with van der Waals surface area (Å²) in [5.74, 6) is 2.10. The summed E-state index contributed by atoms with van der Waals surface area (Å²) in [7, 11) is 1.82. The molecule has 0 atom stereocenters. The van der Waals surface area contributed by atoms with Crippen LogP contribution in [-0.2, 0) is 25.9 Å². The maximum absolute atomic E-state index is 12.6. The van der Waals surface area contributed by atoms with Gasteiger partial charge in [0.15, 0.2) is 22.1 Å². The van der Waals surface area contributed by atoms with E-state index in [4.69, 9.17) is 4.98 Å². The number of likely N-dealkylation sites (tertiary alicyclic amines) is 1. The molecule has 5 rings (SSSR count). The first-order chi connectivity index (χ1) is 17.1. The largest absolute Gasteiger partial charge is 0.330 e. The van der Waals surface area contributed by atoms with Gasteiger partial charge < -0.3 is 4.57 Å². The van der Waals surface area contributed by atoms with E-state index in [1.807, 2.05) is 25.2 Å². The minimum absolute atomic E-state index is 0.413. The van der Waals surface area contributed by atoms with Crippen molar-refractivity contribution in [3.63, 3.8) is 0 Å². The summed E-state index contributed by atoms with van der Waals surface area (Å²) in [6, 6.07) is 10.1. The second kappa shape index (κ2) is 10.2. The molecule has 0 unspecified atom stereocenters. The monoisotopic (exact) mass is 494 g/mol. The Morgan fingerprint density at radius 1 is 1.06 bits per heavy atom. The lowest BCUT2D eigenvalue weighted by molar-refractivity contribution is 0.319. The molecule has 0 spiro atoms. The van der Waals surface area contributed by atoms with Crippen molar-refractivity contribution >= 4 is 22.9 Å². The molecule has 10 nitrogen and oxygen atoms in total. The van der Waals surface area contributed by atoms with Crippen LogP contribution < -0.4 is 11.2 Å². The van der Waals surface area contributed by atoms with E-state index < -0.39 is 11.2 Å². The van der Waals surface area contributed by atoms with E-state index in [9.17, 15) is 9.59 Å². The van der Waals surface area contributed by atoms with Gasteiger partial charge in [-0.15, -0.1) is 10.2 Å². The van der Waals surface area contributed by atoms with Crippen LogP contribution in [0.3, 0.4) is 0 Å². The van der Waals surface area contributed by atoms with Crippen LogP contribution in [0, 0.1) is 0 Å². The Bertz CT molecular complexity index is 1430. The predicted octanol–water partition coefficient (Wildman–Crippen LogP) is 2.69. The van der Waals surface area contributed by atoms with Crippen LogP contribution in [-0.4, -0.2) is 51.9 Å². The Morgan fingerprint density at radius 3 is 2.57 bits per heavy atom. The molecule has 1 N–H and O–H groups in total. The molecule has 35 heavy (non-hydrogen) atoms. The summed E-state index contributed by atoms with van der Waals surface area (Å²) in [6.45, 7) is 5.51. The summed E-state index contributed by atoms with van der Waals surface area (Å²) in [5.41, 5.74) is 1.04. The van der Waals surface area contributed by atoms with Crippen LogP contribution in [0.2, 0.25) is 0 Å². The van der Waals surface area contributed by atoms with Crippen LogP contribution in [0.15, 0.2) is 45.1 Å². The normalized spacial score (nSPS) is 14.3. The highest BCUT2D eigenvalue weighted by atomic mass is 32.2. The average Bonchev–Trinajstić information content (AvgIpc) is 3.58. The third kappa shape index (κ3) is 4.70. The van der Waals surface area contributed by atoms with Crippen molar-refractivity contribution in [3.05, 3.63) is 62.8 Å². The number of thioether (sulfide) groups is 1. The maximum Gasteiger partial charge on any atom is 0.330 e. The van der Waals surface area contributed by atoms with Gasteiger partial charge in [0.25, 0.3) is 5.56 Å². The Hall–Kier alpha value is -3.18. The molecular weight excluding hydrogens is 464 g/mol. The standard InChI is InChI=1S/C24H30N8O2S/c1-3-4-14-31-21-20(22(33)26-23(31)34)29(2)19(25-21)16-35-24-28-27-18(15-30-12-8-9-13-30)32(24)17-10-6-5-7-11-17/h5-7,10-11H,3-4,8-9,12-16H2,1-2H3,(H,26,33,34). The Labute approximate surface area is 207 Å². The highest BCUT2D eigenvalue weighted by Crippen LogP contribution is 2.27. The molecule has 1 saturated heterocycles. The highest BCUT2D eigenvalue weighted by Gasteiger charge is 2.21. The van der Waals surface area contributed by atoms with Crippen molar-refractivity contribution in [2.45, 2.75) is 56.6 Å². The number of rotatable bonds is 9. The average molecular weight is 495 g/mol. The second-order valence-corrected chi connectivity index (χ2v) is 9.81. The van der Waals surface area contributed by atoms with Crippen molar-refractivity contribution in [1.82, 2.24) is 38.8 Å². The lowest BCUT2D eigenvalue weighted by Gasteiger charge is -2.15. The number of fused-ring (bicyclic) bond motifs is 1. The molecule has 0 aliphatic carbocycles. The van der Waals surface area contributed by atoms with E-state index in [0.29, 0.717) is 29.3 Å². The van der Waals surface area contributed by atoms with Crippen LogP contribution >= 0.6 is 11.8 Å². The molecule has 1 aliphatic heterocycles. The Balaban J connectivity index is 1.47. The first-order valence-corrected chi connectivity index (χ1v) is 13.1. The van der Waals surface area contributed by atoms with Gasteiger partial charge in [0.2, 0.25) is 0 Å². The zero-order valence-electron chi connectivity index (χ0n) is 20.1. The van der Waals surface area contributed by atoms with Crippen LogP contribution in [0.25, 0.3) is 16.9 Å². The smallest absolute Gasteiger partial charge is 0.325 e. The lowest BCUT2D eigenvalue weighted by atomic mass is 10.3. The van der Waals surface area contributed by atoms with E-state index >= 15 is 0 Å². The van der Waals surface area contributed by atoms with E-state index in [1.165, 1.54) is 24.6 Å². The molecule has 1 fully saturated rings. The van der Waals surface area contributed by atoms with Gasteiger partial charge >= 0.3 is 5.69 Å². The number of imidazole rings is 1. The van der Waals surface area contributed by atoms with E-state index in [1.54, 1.807) is 9.13 Å². The number of nitrogens with one attached hydrogen (secondary N) is 1. The summed E-state index contributed by atoms with van der Waals surface area (Å²) in [4.78, 5) is 34.6. The zero-order valence-corrected chi connectivity index (χ0v) is 20.9. The van der Waals surface area contributed by atoms with Gasteiger partial charge in [-0.25, -0.2) is 9.78 Å². The minimum atomic E-state index is -0.413. The van der Waals surface area contributed by atoms with Gasteiger partial charge in [0, 0.05) is 19.3 Å². The first kappa shape index (κ1) is 23.6. The number of hydrogen-bond donors (Lipinski definition) is 1. The maximum atomic E-state index is 12.6. The number of H-pyrrole nitrogens is 1. The fraction of sp³-hybridized carbons (Fsp3) is 0.458. The summed E-state index contributed by atoms with van der Waals surface area (Å²) < 4.78 is 5.45. The van der Waals surface area contributed by atoms with Gasteiger partial charge in [-0.05, 0) is 44.5 Å².